The number of nitrogens with one attached hydrogen (secondary N) is 2. The molecular weight excluding hydrogens is 501 g/mol. The average molecular weight is 537 g/mol. The van der Waals surface area contributed by atoms with Gasteiger partial charge in [-0.1, -0.05) is 37.3 Å². The van der Waals surface area contributed by atoms with E-state index in [1.807, 2.05) is 25.4 Å². The van der Waals surface area contributed by atoms with Gasteiger partial charge in [-0.25, -0.2) is 4.98 Å². The molecule has 7 heteroatoms. The average Bonchev–Trinajstić information content (AvgIpc) is 2.78. The fourth-order valence-corrected chi connectivity index (χ4v) is 3.65. The first-order valence-corrected chi connectivity index (χ1v) is 11.0. The molecule has 1 aliphatic heterocycles. The molecule has 2 heterocycles. The summed E-state index contributed by atoms with van der Waals surface area (Å²) in [5.74, 6) is 1.53. The predicted molar refractivity (Wildman–Crippen MR) is 138 cm³/mol. The Bertz CT molecular complexity index is 804. The van der Waals surface area contributed by atoms with Crippen LogP contribution >= 0.6 is 24.0 Å². The van der Waals surface area contributed by atoms with Crippen LogP contribution in [0.2, 0.25) is 0 Å². The van der Waals surface area contributed by atoms with Gasteiger partial charge in [0.15, 0.2) is 5.96 Å². The van der Waals surface area contributed by atoms with Crippen molar-refractivity contribution in [2.45, 2.75) is 52.2 Å². The number of nitrogens with zero attached hydrogens (tertiary/aromatic N) is 3. The molecule has 0 amide bonds. The van der Waals surface area contributed by atoms with E-state index in [0.717, 1.165) is 50.4 Å². The summed E-state index contributed by atoms with van der Waals surface area (Å²) in [7, 11) is 1.82. The first-order chi connectivity index (χ1) is 14.7. The number of benzene rings is 1. The molecule has 31 heavy (non-hydrogen) atoms. The maximum absolute atomic E-state index is 5.54. The third-order valence-corrected chi connectivity index (χ3v) is 5.52. The molecule has 2 aromatic rings. The molecule has 2 N–H and O–H groups in total. The molecule has 3 rings (SSSR count). The van der Waals surface area contributed by atoms with Gasteiger partial charge in [0.05, 0.1) is 6.61 Å². The van der Waals surface area contributed by atoms with Gasteiger partial charge in [-0.05, 0) is 42.9 Å². The van der Waals surface area contributed by atoms with Gasteiger partial charge in [0.2, 0.25) is 5.88 Å². The molecule has 0 aliphatic carbocycles. The standard InChI is InChI=1S/C24H35N5O.HI/c1-4-15-30-23-10-9-20(16-26-23)17-27-24(25-3)28-22-11-13-29(14-12-22)18-21-8-6-5-7-19(21)2;/h5-10,16,22H,4,11-15,17-18H2,1-3H3,(H2,25,27,28);1H. The van der Waals surface area contributed by atoms with E-state index in [-0.39, 0.29) is 24.0 Å². The molecule has 1 saturated heterocycles. The van der Waals surface area contributed by atoms with Crippen molar-refractivity contribution >= 4 is 29.9 Å². The minimum Gasteiger partial charge on any atom is -0.478 e. The summed E-state index contributed by atoms with van der Waals surface area (Å²) in [6.07, 6.45) is 5.09. The van der Waals surface area contributed by atoms with Crippen LogP contribution in [-0.2, 0) is 13.1 Å². The van der Waals surface area contributed by atoms with Gasteiger partial charge in [-0.15, -0.1) is 24.0 Å². The molecule has 0 saturated carbocycles. The Morgan fingerprint density at radius 2 is 1.97 bits per heavy atom. The van der Waals surface area contributed by atoms with E-state index in [2.05, 4.69) is 63.6 Å². The number of aryl methyl sites for hydroxylation is 1. The first-order valence-electron chi connectivity index (χ1n) is 11.0. The monoisotopic (exact) mass is 537 g/mol. The summed E-state index contributed by atoms with van der Waals surface area (Å²) in [4.78, 5) is 11.3. The Balaban J connectivity index is 0.00000341. The summed E-state index contributed by atoms with van der Waals surface area (Å²) in [5.41, 5.74) is 3.91. The van der Waals surface area contributed by atoms with Crippen LogP contribution in [-0.4, -0.2) is 48.6 Å². The van der Waals surface area contributed by atoms with Crippen LogP contribution in [0.1, 0.15) is 42.9 Å². The van der Waals surface area contributed by atoms with E-state index in [9.17, 15) is 0 Å². The molecule has 1 aromatic carbocycles. The van der Waals surface area contributed by atoms with E-state index in [4.69, 9.17) is 4.74 Å². The van der Waals surface area contributed by atoms with Crippen molar-refractivity contribution in [3.05, 3.63) is 59.3 Å². The largest absolute Gasteiger partial charge is 0.478 e. The maximum atomic E-state index is 5.54. The van der Waals surface area contributed by atoms with E-state index >= 15 is 0 Å². The van der Waals surface area contributed by atoms with Crippen molar-refractivity contribution in [1.82, 2.24) is 20.5 Å². The highest BCUT2D eigenvalue weighted by Crippen LogP contribution is 2.16. The molecule has 0 atom stereocenters. The van der Waals surface area contributed by atoms with Crippen molar-refractivity contribution in [2.24, 2.45) is 4.99 Å². The van der Waals surface area contributed by atoms with Crippen LogP contribution in [0.15, 0.2) is 47.6 Å². The van der Waals surface area contributed by atoms with Crippen molar-refractivity contribution in [3.8, 4) is 5.88 Å². The van der Waals surface area contributed by atoms with Gasteiger partial charge >= 0.3 is 0 Å². The number of likely N-dealkylation sites (tertiary alicyclic amines) is 1. The minimum atomic E-state index is 0. The molecule has 0 radical (unpaired) electrons. The predicted octanol–water partition coefficient (Wildman–Crippen LogP) is 4.13. The van der Waals surface area contributed by atoms with Gasteiger partial charge in [0.25, 0.3) is 0 Å². The van der Waals surface area contributed by atoms with Crippen LogP contribution in [0.5, 0.6) is 5.88 Å². The van der Waals surface area contributed by atoms with E-state index < -0.39 is 0 Å². The quantitative estimate of drug-likeness (QED) is 0.302. The van der Waals surface area contributed by atoms with Gasteiger partial charge in [-0.3, -0.25) is 9.89 Å². The zero-order valence-electron chi connectivity index (χ0n) is 18.9. The summed E-state index contributed by atoms with van der Waals surface area (Å²) in [6.45, 7) is 8.92. The second-order valence-electron chi connectivity index (χ2n) is 7.90. The number of hydrogen-bond acceptors (Lipinski definition) is 4. The molecule has 0 unspecified atom stereocenters. The van der Waals surface area contributed by atoms with Crippen molar-refractivity contribution in [2.75, 3.05) is 26.7 Å². The Hall–Kier alpha value is -1.87. The summed E-state index contributed by atoms with van der Waals surface area (Å²) in [5, 5.41) is 6.98. The van der Waals surface area contributed by atoms with Gasteiger partial charge in [0, 0.05) is 51.5 Å². The van der Waals surface area contributed by atoms with Crippen LogP contribution in [0, 0.1) is 6.92 Å². The maximum Gasteiger partial charge on any atom is 0.213 e. The van der Waals surface area contributed by atoms with E-state index in [1.54, 1.807) is 0 Å². The zero-order valence-corrected chi connectivity index (χ0v) is 21.3. The lowest BCUT2D eigenvalue weighted by Gasteiger charge is -2.33. The number of hydrogen-bond donors (Lipinski definition) is 2. The SMILES string of the molecule is CCCOc1ccc(CNC(=NC)NC2CCN(Cc3ccccc3C)CC2)cn1.I. The third kappa shape index (κ3) is 8.29. The van der Waals surface area contributed by atoms with Crippen LogP contribution < -0.4 is 15.4 Å². The molecule has 0 bridgehead atoms. The van der Waals surface area contributed by atoms with Gasteiger partial charge in [0.1, 0.15) is 0 Å². The van der Waals surface area contributed by atoms with Crippen molar-refractivity contribution < 1.29 is 4.74 Å². The van der Waals surface area contributed by atoms with Crippen molar-refractivity contribution in [3.63, 3.8) is 0 Å². The number of aliphatic imine (C=N–C) groups is 1. The number of halogens is 1. The number of guanidine groups is 1. The lowest BCUT2D eigenvalue weighted by molar-refractivity contribution is 0.198. The topological polar surface area (TPSA) is 61.8 Å². The lowest BCUT2D eigenvalue weighted by atomic mass is 10.0. The van der Waals surface area contributed by atoms with Crippen molar-refractivity contribution in [1.29, 1.82) is 0 Å². The second kappa shape index (κ2) is 13.5. The van der Waals surface area contributed by atoms with Crippen LogP contribution in [0.3, 0.4) is 0 Å². The molecule has 6 nitrogen and oxygen atoms in total. The highest BCUT2D eigenvalue weighted by molar-refractivity contribution is 14.0. The summed E-state index contributed by atoms with van der Waals surface area (Å²) < 4.78 is 5.54. The number of piperidine rings is 1. The number of aromatic nitrogens is 1. The molecule has 0 spiro atoms. The van der Waals surface area contributed by atoms with Gasteiger partial charge < -0.3 is 15.4 Å². The smallest absolute Gasteiger partial charge is 0.213 e. The van der Waals surface area contributed by atoms with Gasteiger partial charge in [-0.2, -0.15) is 0 Å². The number of ether oxygens (including phenoxy) is 1. The summed E-state index contributed by atoms with van der Waals surface area (Å²) >= 11 is 0. The Labute approximate surface area is 203 Å². The second-order valence-corrected chi connectivity index (χ2v) is 7.90. The number of rotatable bonds is 8. The summed E-state index contributed by atoms with van der Waals surface area (Å²) in [6, 6.07) is 13.1. The number of pyridine rings is 1. The normalized spacial score (nSPS) is 15.3. The fraction of sp³-hybridized carbons (Fsp3) is 0.500. The van der Waals surface area contributed by atoms with Crippen LogP contribution in [0.25, 0.3) is 0 Å². The first kappa shape index (κ1) is 25.4. The highest BCUT2D eigenvalue weighted by atomic mass is 127. The third-order valence-electron chi connectivity index (χ3n) is 5.52. The Kier molecular flexibility index (Phi) is 11.1. The Morgan fingerprint density at radius 1 is 1.19 bits per heavy atom. The van der Waals surface area contributed by atoms with Crippen LogP contribution in [0.4, 0.5) is 0 Å². The zero-order chi connectivity index (χ0) is 21.2. The molecule has 1 aromatic heterocycles. The van der Waals surface area contributed by atoms with E-state index in [0.29, 0.717) is 25.1 Å². The highest BCUT2D eigenvalue weighted by Gasteiger charge is 2.20. The molecular formula is C24H36IN5O. The molecule has 170 valence electrons. The Morgan fingerprint density at radius 3 is 2.61 bits per heavy atom. The molecule has 1 aliphatic rings. The minimum absolute atomic E-state index is 0. The molecule has 1 fully saturated rings. The fourth-order valence-electron chi connectivity index (χ4n) is 3.65. The van der Waals surface area contributed by atoms with E-state index in [1.165, 1.54) is 11.1 Å². The lowest BCUT2D eigenvalue weighted by Crippen LogP contribution is -2.48.